The fraction of sp³-hybridized carbons (Fsp3) is 0.280. The SMILES string of the molecule is C[C](C)C[C@H]1CN(S(=O)(=O)c2cccc(C(F)(F)F)c2)c2cc(-c3cc(F)cc(OC(F)F)c3)cnc2O1. The predicted molar refractivity (Wildman–Crippen MR) is 126 cm³/mol. The number of aromatic nitrogens is 1. The summed E-state index contributed by atoms with van der Waals surface area (Å²) in [5, 5.41) is 0. The summed E-state index contributed by atoms with van der Waals surface area (Å²) in [4.78, 5) is 3.56. The Balaban J connectivity index is 1.82. The van der Waals surface area contributed by atoms with Crippen molar-refractivity contribution in [2.75, 3.05) is 10.8 Å². The quantitative estimate of drug-likeness (QED) is 0.311. The molecule has 2 aromatic carbocycles. The minimum absolute atomic E-state index is 0.0484. The molecule has 2 heterocycles. The highest BCUT2D eigenvalue weighted by Crippen LogP contribution is 2.40. The molecule has 3 aromatic rings. The van der Waals surface area contributed by atoms with Crippen molar-refractivity contribution < 1.29 is 44.2 Å². The zero-order valence-corrected chi connectivity index (χ0v) is 20.8. The summed E-state index contributed by atoms with van der Waals surface area (Å²) >= 11 is 0. The van der Waals surface area contributed by atoms with Gasteiger partial charge in [0.2, 0.25) is 5.88 Å². The molecule has 1 aromatic heterocycles. The van der Waals surface area contributed by atoms with Gasteiger partial charge in [0.15, 0.2) is 0 Å². The number of rotatable bonds is 7. The van der Waals surface area contributed by atoms with E-state index >= 15 is 0 Å². The molecule has 38 heavy (non-hydrogen) atoms. The van der Waals surface area contributed by atoms with Crippen LogP contribution in [0.3, 0.4) is 0 Å². The Kier molecular flexibility index (Phi) is 7.51. The molecular weight excluding hydrogens is 538 g/mol. The first-order chi connectivity index (χ1) is 17.7. The predicted octanol–water partition coefficient (Wildman–Crippen LogP) is 6.47. The molecular formula is C25H21F6N2O4S. The normalized spacial score (nSPS) is 15.9. The second-order valence-corrected chi connectivity index (χ2v) is 10.7. The fourth-order valence-electron chi connectivity index (χ4n) is 4.00. The average Bonchev–Trinajstić information content (AvgIpc) is 2.81. The molecule has 0 bridgehead atoms. The van der Waals surface area contributed by atoms with Crippen molar-refractivity contribution in [1.82, 2.24) is 4.98 Å². The summed E-state index contributed by atoms with van der Waals surface area (Å²) in [5.74, 6) is -0.555. The highest BCUT2D eigenvalue weighted by atomic mass is 32.2. The molecule has 1 aliphatic rings. The standard InChI is InChI=1S/C25H21F6N2O4S/c1-14(2)6-20-13-33(38(34,35)21-5-3-4-17(10-21)25(29,30)31)22-9-16(12-32-23(22)36-20)15-7-18(26)11-19(8-15)37-24(27)28/h3-5,7-12,20,24H,6,13H2,1-2H3/t20-/m0/s1. The van der Waals surface area contributed by atoms with Crippen LogP contribution in [0.25, 0.3) is 11.1 Å². The summed E-state index contributed by atoms with van der Waals surface area (Å²) in [5.41, 5.74) is -1.07. The largest absolute Gasteiger partial charge is 0.471 e. The molecule has 0 saturated heterocycles. The molecule has 203 valence electrons. The van der Waals surface area contributed by atoms with Gasteiger partial charge in [-0.25, -0.2) is 17.8 Å². The molecule has 0 unspecified atom stereocenters. The van der Waals surface area contributed by atoms with Crippen molar-refractivity contribution in [3.63, 3.8) is 0 Å². The van der Waals surface area contributed by atoms with Crippen molar-refractivity contribution >= 4 is 15.7 Å². The van der Waals surface area contributed by atoms with Crippen molar-refractivity contribution in [1.29, 1.82) is 0 Å². The summed E-state index contributed by atoms with van der Waals surface area (Å²) in [6.45, 7) is 0.169. The summed E-state index contributed by atoms with van der Waals surface area (Å²) in [6, 6.07) is 7.49. The lowest BCUT2D eigenvalue weighted by atomic mass is 10.0. The first-order valence-electron chi connectivity index (χ1n) is 11.2. The van der Waals surface area contributed by atoms with Crippen molar-refractivity contribution in [2.24, 2.45) is 0 Å². The average molecular weight is 560 g/mol. The monoisotopic (exact) mass is 559 g/mol. The van der Waals surface area contributed by atoms with Gasteiger partial charge in [-0.2, -0.15) is 22.0 Å². The molecule has 1 aliphatic heterocycles. The van der Waals surface area contributed by atoms with Crippen LogP contribution in [0.2, 0.25) is 0 Å². The number of anilines is 1. The zero-order chi connectivity index (χ0) is 27.8. The number of sulfonamides is 1. The van der Waals surface area contributed by atoms with Gasteiger partial charge in [-0.3, -0.25) is 4.31 Å². The smallest absolute Gasteiger partial charge is 0.416 e. The number of hydrogen-bond acceptors (Lipinski definition) is 5. The highest BCUT2D eigenvalue weighted by molar-refractivity contribution is 7.92. The third-order valence-corrected chi connectivity index (χ3v) is 7.34. The maximum Gasteiger partial charge on any atom is 0.416 e. The summed E-state index contributed by atoms with van der Waals surface area (Å²) in [7, 11) is -4.55. The van der Waals surface area contributed by atoms with E-state index < -0.39 is 50.9 Å². The van der Waals surface area contributed by atoms with Gasteiger partial charge in [0.25, 0.3) is 10.0 Å². The van der Waals surface area contributed by atoms with Crippen LogP contribution in [0.4, 0.5) is 32.0 Å². The summed E-state index contributed by atoms with van der Waals surface area (Å²) < 4.78 is 118. The van der Waals surface area contributed by atoms with E-state index in [2.05, 4.69) is 9.72 Å². The van der Waals surface area contributed by atoms with Gasteiger partial charge < -0.3 is 9.47 Å². The number of alkyl halides is 5. The number of halogens is 6. The van der Waals surface area contributed by atoms with E-state index in [1.54, 1.807) is 0 Å². The third kappa shape index (κ3) is 5.98. The van der Waals surface area contributed by atoms with Gasteiger partial charge in [0.1, 0.15) is 23.4 Å². The molecule has 1 radical (unpaired) electrons. The van der Waals surface area contributed by atoms with E-state index in [4.69, 9.17) is 4.74 Å². The van der Waals surface area contributed by atoms with Crippen LogP contribution in [0.5, 0.6) is 11.6 Å². The van der Waals surface area contributed by atoms with Crippen LogP contribution in [0.1, 0.15) is 25.8 Å². The Labute approximate surface area is 214 Å². The molecule has 0 N–H and O–H groups in total. The molecule has 0 saturated carbocycles. The lowest BCUT2D eigenvalue weighted by molar-refractivity contribution is -0.137. The van der Waals surface area contributed by atoms with Crippen LogP contribution in [-0.4, -0.2) is 32.7 Å². The first kappa shape index (κ1) is 27.6. The van der Waals surface area contributed by atoms with Gasteiger partial charge >= 0.3 is 12.8 Å². The Morgan fingerprint density at radius 3 is 2.53 bits per heavy atom. The van der Waals surface area contributed by atoms with Gasteiger partial charge in [0.05, 0.1) is 17.0 Å². The lowest BCUT2D eigenvalue weighted by Crippen LogP contribution is -2.44. The van der Waals surface area contributed by atoms with E-state index in [1.165, 1.54) is 12.3 Å². The molecule has 0 fully saturated rings. The molecule has 13 heteroatoms. The van der Waals surface area contributed by atoms with Crippen LogP contribution >= 0.6 is 0 Å². The zero-order valence-electron chi connectivity index (χ0n) is 20.0. The Morgan fingerprint density at radius 2 is 1.87 bits per heavy atom. The number of ether oxygens (including phenoxy) is 2. The number of pyridine rings is 1. The van der Waals surface area contributed by atoms with Gasteiger partial charge in [-0.15, -0.1) is 0 Å². The second-order valence-electron chi connectivity index (χ2n) is 8.82. The van der Waals surface area contributed by atoms with E-state index in [-0.39, 0.29) is 29.2 Å². The number of nitrogens with zero attached hydrogens (tertiary/aromatic N) is 2. The first-order valence-corrected chi connectivity index (χ1v) is 12.6. The highest BCUT2D eigenvalue weighted by Gasteiger charge is 2.38. The van der Waals surface area contributed by atoms with Crippen molar-refractivity contribution in [3.05, 3.63) is 72.0 Å². The molecule has 0 amide bonds. The number of fused-ring (bicyclic) bond motifs is 1. The van der Waals surface area contributed by atoms with E-state index in [0.717, 1.165) is 46.6 Å². The van der Waals surface area contributed by atoms with E-state index in [1.807, 2.05) is 13.8 Å². The maximum absolute atomic E-state index is 14.1. The minimum atomic E-state index is -4.77. The molecule has 0 aliphatic carbocycles. The molecule has 4 rings (SSSR count). The maximum atomic E-state index is 14.1. The van der Waals surface area contributed by atoms with Crippen molar-refractivity contribution in [2.45, 2.75) is 44.1 Å². The van der Waals surface area contributed by atoms with Crippen LogP contribution in [0.15, 0.2) is 59.6 Å². The van der Waals surface area contributed by atoms with Crippen LogP contribution < -0.4 is 13.8 Å². The van der Waals surface area contributed by atoms with E-state index in [9.17, 15) is 34.8 Å². The summed E-state index contributed by atoms with van der Waals surface area (Å²) in [6.07, 6.45) is -3.88. The number of hydrogen-bond donors (Lipinski definition) is 0. The van der Waals surface area contributed by atoms with Crippen LogP contribution in [-0.2, 0) is 16.2 Å². The Hall–Kier alpha value is -3.48. The molecule has 1 atom stereocenters. The van der Waals surface area contributed by atoms with Crippen LogP contribution in [0, 0.1) is 11.7 Å². The number of benzene rings is 2. The lowest BCUT2D eigenvalue weighted by Gasteiger charge is -2.35. The fourth-order valence-corrected chi connectivity index (χ4v) is 5.53. The Morgan fingerprint density at radius 1 is 1.13 bits per heavy atom. The minimum Gasteiger partial charge on any atom is -0.471 e. The third-order valence-electron chi connectivity index (χ3n) is 5.56. The molecule has 6 nitrogen and oxygen atoms in total. The van der Waals surface area contributed by atoms with Gasteiger partial charge in [-0.1, -0.05) is 19.9 Å². The van der Waals surface area contributed by atoms with Gasteiger partial charge in [-0.05, 0) is 54.3 Å². The van der Waals surface area contributed by atoms with E-state index in [0.29, 0.717) is 12.5 Å². The topological polar surface area (TPSA) is 68.7 Å². The molecule has 0 spiro atoms. The van der Waals surface area contributed by atoms with Crippen molar-refractivity contribution in [3.8, 4) is 22.8 Å². The van der Waals surface area contributed by atoms with Gasteiger partial charge in [0, 0.05) is 17.8 Å². The Bertz CT molecular complexity index is 1430. The second kappa shape index (κ2) is 10.4.